The molecule has 2 aromatic carbocycles. The number of amides is 1. The summed E-state index contributed by atoms with van der Waals surface area (Å²) in [6.07, 6.45) is -0.121. The number of aryl methyl sites for hydroxylation is 1. The van der Waals surface area contributed by atoms with Crippen molar-refractivity contribution in [2.75, 3.05) is 41.1 Å². The van der Waals surface area contributed by atoms with Gasteiger partial charge in [0.15, 0.2) is 0 Å². The molecule has 2 aliphatic heterocycles. The Morgan fingerprint density at radius 3 is 2.13 bits per heavy atom. The van der Waals surface area contributed by atoms with Gasteiger partial charge in [-0.15, -0.1) is 0 Å². The molecule has 2 aromatic rings. The summed E-state index contributed by atoms with van der Waals surface area (Å²) in [6, 6.07) is 10.3. The largest absolute Gasteiger partial charge is 0.369 e. The minimum atomic E-state index is -3.90. The zero-order valence-corrected chi connectivity index (χ0v) is 18.5. The summed E-state index contributed by atoms with van der Waals surface area (Å²) < 4.78 is 66.3. The molecule has 2 heterocycles. The Bertz CT molecular complexity index is 1220. The number of benzene rings is 2. The molecule has 8 nitrogen and oxygen atoms in total. The van der Waals surface area contributed by atoms with Crippen LogP contribution >= 0.6 is 0 Å². The van der Waals surface area contributed by atoms with Gasteiger partial charge in [-0.1, -0.05) is 6.07 Å². The molecule has 0 spiro atoms. The fraction of sp³-hybridized carbons (Fsp3) is 0.350. The average Bonchev–Trinajstić information content (AvgIpc) is 3.01. The number of sulfonamides is 2. The number of halogens is 1. The first kappa shape index (κ1) is 21.7. The van der Waals surface area contributed by atoms with Crippen LogP contribution in [0.5, 0.6) is 0 Å². The highest BCUT2D eigenvalue weighted by atomic mass is 32.2. The summed E-state index contributed by atoms with van der Waals surface area (Å²) in [5.74, 6) is -1.19. The van der Waals surface area contributed by atoms with E-state index in [4.69, 9.17) is 0 Å². The monoisotopic (exact) mass is 467 g/mol. The molecule has 1 amide bonds. The van der Waals surface area contributed by atoms with E-state index in [1.807, 2.05) is 4.90 Å². The Morgan fingerprint density at radius 1 is 0.935 bits per heavy atom. The van der Waals surface area contributed by atoms with Gasteiger partial charge >= 0.3 is 0 Å². The maximum Gasteiger partial charge on any atom is 0.243 e. The molecule has 11 heteroatoms. The van der Waals surface area contributed by atoms with Crippen LogP contribution in [0.25, 0.3) is 0 Å². The normalized spacial score (nSPS) is 19.7. The van der Waals surface area contributed by atoms with Crippen LogP contribution in [0.2, 0.25) is 0 Å². The minimum Gasteiger partial charge on any atom is -0.369 e. The second-order valence-electron chi connectivity index (χ2n) is 7.54. The molecule has 2 aliphatic rings. The molecule has 0 atom stereocenters. The predicted octanol–water partition coefficient (Wildman–Crippen LogP) is 1.71. The number of carbonyl (C=O) groups is 1. The Labute approximate surface area is 181 Å². The molecule has 2 saturated heterocycles. The summed E-state index contributed by atoms with van der Waals surface area (Å²) in [6.45, 7) is 2.95. The van der Waals surface area contributed by atoms with Gasteiger partial charge in [-0.2, -0.15) is 4.31 Å². The van der Waals surface area contributed by atoms with Crippen molar-refractivity contribution in [2.45, 2.75) is 18.2 Å². The van der Waals surface area contributed by atoms with Crippen LogP contribution in [-0.2, 0) is 24.8 Å². The number of nitrogens with zero attached hydrogens (tertiary/aromatic N) is 3. The fourth-order valence-corrected chi connectivity index (χ4v) is 6.96. The molecule has 0 unspecified atom stereocenters. The van der Waals surface area contributed by atoms with Gasteiger partial charge in [-0.25, -0.2) is 25.5 Å². The first-order valence-corrected chi connectivity index (χ1v) is 12.8. The Morgan fingerprint density at radius 2 is 1.55 bits per heavy atom. The van der Waals surface area contributed by atoms with Crippen molar-refractivity contribution in [3.63, 3.8) is 0 Å². The van der Waals surface area contributed by atoms with E-state index in [1.165, 1.54) is 34.6 Å². The number of hydrogen-bond acceptors (Lipinski definition) is 6. The third-order valence-corrected chi connectivity index (χ3v) is 9.26. The van der Waals surface area contributed by atoms with E-state index < -0.39 is 26.0 Å². The van der Waals surface area contributed by atoms with Crippen LogP contribution in [0, 0.1) is 12.7 Å². The SMILES string of the molecule is Cc1ccc(N2C(=O)CCS2(=O)=O)cc1S(=O)(=O)N1CCN(c2ccc(F)cc2)CC1. The fourth-order valence-electron chi connectivity index (χ4n) is 3.84. The molecule has 0 aromatic heterocycles. The highest BCUT2D eigenvalue weighted by molar-refractivity contribution is 7.94. The van der Waals surface area contributed by atoms with E-state index in [1.54, 1.807) is 19.1 Å². The Balaban J connectivity index is 1.58. The van der Waals surface area contributed by atoms with Crippen LogP contribution < -0.4 is 9.21 Å². The van der Waals surface area contributed by atoms with Crippen LogP contribution in [0.1, 0.15) is 12.0 Å². The van der Waals surface area contributed by atoms with Gasteiger partial charge < -0.3 is 4.90 Å². The summed E-state index contributed by atoms with van der Waals surface area (Å²) in [4.78, 5) is 14.0. The van der Waals surface area contributed by atoms with E-state index in [0.717, 1.165) is 5.69 Å². The van der Waals surface area contributed by atoms with Gasteiger partial charge in [0.2, 0.25) is 26.0 Å². The second-order valence-corrected chi connectivity index (χ2v) is 11.4. The van der Waals surface area contributed by atoms with Gasteiger partial charge in [-0.3, -0.25) is 4.79 Å². The molecule has 166 valence electrons. The highest BCUT2D eigenvalue weighted by Crippen LogP contribution is 2.31. The third kappa shape index (κ3) is 4.04. The first-order chi connectivity index (χ1) is 14.6. The van der Waals surface area contributed by atoms with Crippen molar-refractivity contribution in [2.24, 2.45) is 0 Å². The number of anilines is 2. The van der Waals surface area contributed by atoms with E-state index in [-0.39, 0.29) is 41.7 Å². The van der Waals surface area contributed by atoms with E-state index in [2.05, 4.69) is 0 Å². The lowest BCUT2D eigenvalue weighted by Crippen LogP contribution is -2.48. The van der Waals surface area contributed by atoms with Crippen LogP contribution in [0.3, 0.4) is 0 Å². The maximum atomic E-state index is 13.3. The Kier molecular flexibility index (Phi) is 5.52. The van der Waals surface area contributed by atoms with Crippen molar-refractivity contribution in [1.82, 2.24) is 4.31 Å². The molecule has 0 saturated carbocycles. The summed E-state index contributed by atoms with van der Waals surface area (Å²) in [5.41, 5.74) is 1.32. The maximum absolute atomic E-state index is 13.3. The number of hydrogen-bond donors (Lipinski definition) is 0. The third-order valence-electron chi connectivity index (χ3n) is 5.53. The zero-order chi connectivity index (χ0) is 22.4. The van der Waals surface area contributed by atoms with Gasteiger partial charge in [0.1, 0.15) is 5.82 Å². The number of piperazine rings is 1. The summed E-state index contributed by atoms with van der Waals surface area (Å²) >= 11 is 0. The van der Waals surface area contributed by atoms with Crippen molar-refractivity contribution < 1.29 is 26.0 Å². The van der Waals surface area contributed by atoms with Crippen molar-refractivity contribution in [1.29, 1.82) is 0 Å². The van der Waals surface area contributed by atoms with E-state index in [0.29, 0.717) is 23.0 Å². The molecular weight excluding hydrogens is 445 g/mol. The second kappa shape index (κ2) is 7.88. The topological polar surface area (TPSA) is 95.1 Å². The lowest BCUT2D eigenvalue weighted by Gasteiger charge is -2.35. The molecule has 0 radical (unpaired) electrons. The minimum absolute atomic E-state index is 0.0184. The quantitative estimate of drug-likeness (QED) is 0.680. The van der Waals surface area contributed by atoms with Crippen molar-refractivity contribution in [3.8, 4) is 0 Å². The molecule has 0 N–H and O–H groups in total. The summed E-state index contributed by atoms with van der Waals surface area (Å²) in [7, 11) is -7.69. The van der Waals surface area contributed by atoms with Crippen LogP contribution in [0.15, 0.2) is 47.4 Å². The van der Waals surface area contributed by atoms with E-state index in [9.17, 15) is 26.0 Å². The number of rotatable bonds is 4. The van der Waals surface area contributed by atoms with Gasteiger partial charge in [0.25, 0.3) is 0 Å². The Hall–Kier alpha value is -2.50. The van der Waals surface area contributed by atoms with Crippen molar-refractivity contribution >= 4 is 37.3 Å². The van der Waals surface area contributed by atoms with Crippen molar-refractivity contribution in [3.05, 3.63) is 53.8 Å². The first-order valence-electron chi connectivity index (χ1n) is 9.77. The number of carbonyl (C=O) groups excluding carboxylic acids is 1. The lowest BCUT2D eigenvalue weighted by atomic mass is 10.2. The molecule has 31 heavy (non-hydrogen) atoms. The highest BCUT2D eigenvalue weighted by Gasteiger charge is 2.37. The standard InChI is InChI=1S/C20H22FN3O5S2/c1-15-2-5-18(24-20(25)8-13-30(24,26)27)14-19(15)31(28,29)23-11-9-22(10-12-23)17-6-3-16(21)4-7-17/h2-7,14H,8-13H2,1H3. The predicted molar refractivity (Wildman–Crippen MR) is 114 cm³/mol. The molecule has 4 rings (SSSR count). The van der Waals surface area contributed by atoms with Gasteiger partial charge in [0, 0.05) is 38.3 Å². The van der Waals surface area contributed by atoms with E-state index >= 15 is 0 Å². The smallest absolute Gasteiger partial charge is 0.243 e. The van der Waals surface area contributed by atoms with Gasteiger partial charge in [0.05, 0.1) is 16.3 Å². The molecular formula is C20H22FN3O5S2. The molecule has 2 fully saturated rings. The summed E-state index contributed by atoms with van der Waals surface area (Å²) in [5, 5.41) is 0. The average molecular weight is 468 g/mol. The van der Waals surface area contributed by atoms with Gasteiger partial charge in [-0.05, 0) is 48.9 Å². The lowest BCUT2D eigenvalue weighted by molar-refractivity contribution is -0.116. The molecule has 0 bridgehead atoms. The van der Waals surface area contributed by atoms with Crippen LogP contribution in [-0.4, -0.2) is 59.0 Å². The van der Waals surface area contributed by atoms with Crippen LogP contribution in [0.4, 0.5) is 15.8 Å². The zero-order valence-electron chi connectivity index (χ0n) is 16.9. The molecule has 0 aliphatic carbocycles.